The molecule has 1 fully saturated rings. The minimum atomic E-state index is -3.44. The molecule has 0 bridgehead atoms. The van der Waals surface area contributed by atoms with Crippen LogP contribution in [0.3, 0.4) is 0 Å². The number of carboxylic acid groups (broad SMARTS) is 1. The largest absolute Gasteiger partial charge is 0.480 e. The normalized spacial score (nSPS) is 15.8. The highest BCUT2D eigenvalue weighted by Crippen LogP contribution is 2.21. The molecule has 144 valence electrons. The molecule has 0 atom stereocenters. The molecule has 1 amide bonds. The first kappa shape index (κ1) is 20.4. The smallest absolute Gasteiger partial charge is 0.329 e. The predicted molar refractivity (Wildman–Crippen MR) is 97.2 cm³/mol. The summed E-state index contributed by atoms with van der Waals surface area (Å²) in [7, 11) is -1.96. The first-order valence-electron chi connectivity index (χ1n) is 8.66. The number of amides is 1. The Hall–Kier alpha value is -1.93. The SMILES string of the molecule is CN(C(=O)CCc1ccc(S(=O)(=O)N2CCCC2)cc1)C(C)(C)C(=O)O. The number of benzene rings is 1. The van der Waals surface area contributed by atoms with Crippen molar-refractivity contribution in [3.8, 4) is 0 Å². The standard InChI is InChI=1S/C18H26N2O5S/c1-18(2,17(22)23)19(3)16(21)11-8-14-6-9-15(10-7-14)26(24,25)20-12-4-5-13-20/h6-7,9-10H,4-5,8,11-13H2,1-3H3,(H,22,23). The Morgan fingerprint density at radius 2 is 1.69 bits per heavy atom. The van der Waals surface area contributed by atoms with Gasteiger partial charge in [0.1, 0.15) is 5.54 Å². The van der Waals surface area contributed by atoms with E-state index in [1.807, 2.05) is 0 Å². The van der Waals surface area contributed by atoms with Crippen molar-refractivity contribution in [1.29, 1.82) is 0 Å². The molecular weight excluding hydrogens is 356 g/mol. The lowest BCUT2D eigenvalue weighted by Crippen LogP contribution is -2.50. The number of carbonyl (C=O) groups is 2. The van der Waals surface area contributed by atoms with Crippen LogP contribution in [0.2, 0.25) is 0 Å². The summed E-state index contributed by atoms with van der Waals surface area (Å²) < 4.78 is 26.5. The van der Waals surface area contributed by atoms with Crippen LogP contribution in [0.25, 0.3) is 0 Å². The van der Waals surface area contributed by atoms with E-state index in [4.69, 9.17) is 0 Å². The zero-order valence-corrected chi connectivity index (χ0v) is 16.3. The summed E-state index contributed by atoms with van der Waals surface area (Å²) in [5, 5.41) is 9.19. The number of aryl methyl sites for hydroxylation is 1. The van der Waals surface area contributed by atoms with E-state index in [9.17, 15) is 23.1 Å². The molecule has 1 aromatic rings. The minimum Gasteiger partial charge on any atom is -0.480 e. The second kappa shape index (κ2) is 7.75. The van der Waals surface area contributed by atoms with Crippen LogP contribution in [0, 0.1) is 0 Å². The Morgan fingerprint density at radius 3 is 2.19 bits per heavy atom. The maximum Gasteiger partial charge on any atom is 0.329 e. The number of rotatable bonds is 7. The second-order valence-electron chi connectivity index (χ2n) is 7.07. The summed E-state index contributed by atoms with van der Waals surface area (Å²) in [5.74, 6) is -1.34. The number of sulfonamides is 1. The molecule has 7 nitrogen and oxygen atoms in total. The molecule has 1 heterocycles. The van der Waals surface area contributed by atoms with Crippen LogP contribution in [0.15, 0.2) is 29.2 Å². The zero-order chi connectivity index (χ0) is 19.5. The van der Waals surface area contributed by atoms with Crippen LogP contribution in [-0.4, -0.2) is 60.3 Å². The van der Waals surface area contributed by atoms with Gasteiger partial charge in [-0.2, -0.15) is 4.31 Å². The van der Waals surface area contributed by atoms with E-state index in [0.717, 1.165) is 18.4 Å². The lowest BCUT2D eigenvalue weighted by molar-refractivity contribution is -0.155. The maximum atomic E-state index is 12.5. The summed E-state index contributed by atoms with van der Waals surface area (Å²) in [4.78, 5) is 24.9. The Morgan fingerprint density at radius 1 is 1.15 bits per heavy atom. The van der Waals surface area contributed by atoms with Crippen LogP contribution in [0.5, 0.6) is 0 Å². The zero-order valence-electron chi connectivity index (χ0n) is 15.4. The Kier molecular flexibility index (Phi) is 6.08. The van der Waals surface area contributed by atoms with Gasteiger partial charge in [-0.05, 0) is 50.8 Å². The highest BCUT2D eigenvalue weighted by atomic mass is 32.2. The number of carboxylic acids is 1. The van der Waals surface area contributed by atoms with Crippen molar-refractivity contribution in [2.75, 3.05) is 20.1 Å². The summed E-state index contributed by atoms with van der Waals surface area (Å²) >= 11 is 0. The molecule has 2 rings (SSSR count). The first-order valence-corrected chi connectivity index (χ1v) is 10.1. The number of aliphatic carboxylic acids is 1. The molecule has 0 aromatic heterocycles. The lowest BCUT2D eigenvalue weighted by Gasteiger charge is -2.31. The minimum absolute atomic E-state index is 0.158. The van der Waals surface area contributed by atoms with Crippen molar-refractivity contribution in [2.24, 2.45) is 0 Å². The molecule has 8 heteroatoms. The molecule has 0 unspecified atom stereocenters. The third-order valence-corrected chi connectivity index (χ3v) is 6.90. The van der Waals surface area contributed by atoms with E-state index >= 15 is 0 Å². The fourth-order valence-electron chi connectivity index (χ4n) is 2.78. The molecule has 0 saturated carbocycles. The van der Waals surface area contributed by atoms with Gasteiger partial charge in [0.25, 0.3) is 0 Å². The van der Waals surface area contributed by atoms with Crippen LogP contribution >= 0.6 is 0 Å². The van der Waals surface area contributed by atoms with Gasteiger partial charge in [0.05, 0.1) is 4.90 Å². The van der Waals surface area contributed by atoms with Gasteiger partial charge >= 0.3 is 5.97 Å². The number of hydrogen-bond acceptors (Lipinski definition) is 4. The highest BCUT2D eigenvalue weighted by molar-refractivity contribution is 7.89. The highest BCUT2D eigenvalue weighted by Gasteiger charge is 2.34. The third kappa shape index (κ3) is 4.24. The van der Waals surface area contributed by atoms with Gasteiger partial charge in [-0.25, -0.2) is 13.2 Å². The third-order valence-electron chi connectivity index (χ3n) is 4.99. The number of likely N-dealkylation sites (N-methyl/N-ethyl adjacent to an activating group) is 1. The van der Waals surface area contributed by atoms with Crippen molar-refractivity contribution in [3.63, 3.8) is 0 Å². The quantitative estimate of drug-likeness (QED) is 0.775. The van der Waals surface area contributed by atoms with Crippen molar-refractivity contribution in [1.82, 2.24) is 9.21 Å². The van der Waals surface area contributed by atoms with Crippen LogP contribution in [0.1, 0.15) is 38.7 Å². The molecule has 0 radical (unpaired) electrons. The molecule has 0 aliphatic carbocycles. The van der Waals surface area contributed by atoms with Gasteiger partial charge in [-0.1, -0.05) is 12.1 Å². The Balaban J connectivity index is 1.99. The molecule has 1 N–H and O–H groups in total. The fraction of sp³-hybridized carbons (Fsp3) is 0.556. The molecule has 0 spiro atoms. The summed E-state index contributed by atoms with van der Waals surface area (Å²) in [6, 6.07) is 6.55. The van der Waals surface area contributed by atoms with Crippen LogP contribution < -0.4 is 0 Å². The average molecular weight is 382 g/mol. The Labute approximate surface area is 154 Å². The van der Waals surface area contributed by atoms with Crippen molar-refractivity contribution in [2.45, 2.75) is 50.0 Å². The molecule has 26 heavy (non-hydrogen) atoms. The Bertz CT molecular complexity index is 765. The number of hydrogen-bond donors (Lipinski definition) is 1. The van der Waals surface area contributed by atoms with Crippen molar-refractivity contribution >= 4 is 21.9 Å². The molecule has 1 aromatic carbocycles. The summed E-state index contributed by atoms with van der Waals surface area (Å²) in [5.41, 5.74) is -0.440. The van der Waals surface area contributed by atoms with Gasteiger partial charge in [-0.15, -0.1) is 0 Å². The van der Waals surface area contributed by atoms with Gasteiger partial charge in [-0.3, -0.25) is 4.79 Å². The van der Waals surface area contributed by atoms with Crippen LogP contribution in [-0.2, 0) is 26.0 Å². The van der Waals surface area contributed by atoms with Crippen LogP contribution in [0.4, 0.5) is 0 Å². The summed E-state index contributed by atoms with van der Waals surface area (Å²) in [6.07, 6.45) is 2.35. The van der Waals surface area contributed by atoms with E-state index in [2.05, 4.69) is 0 Å². The average Bonchev–Trinajstić information content (AvgIpc) is 3.14. The van der Waals surface area contributed by atoms with E-state index in [1.54, 1.807) is 24.3 Å². The van der Waals surface area contributed by atoms with Crippen molar-refractivity contribution in [3.05, 3.63) is 29.8 Å². The number of carbonyl (C=O) groups excluding carboxylic acids is 1. The maximum absolute atomic E-state index is 12.5. The van der Waals surface area contributed by atoms with E-state index < -0.39 is 21.5 Å². The lowest BCUT2D eigenvalue weighted by atomic mass is 10.0. The fourth-order valence-corrected chi connectivity index (χ4v) is 4.30. The molecule has 1 aliphatic heterocycles. The monoisotopic (exact) mass is 382 g/mol. The molecule has 1 saturated heterocycles. The van der Waals surface area contributed by atoms with Gasteiger partial charge in [0.15, 0.2) is 0 Å². The van der Waals surface area contributed by atoms with Gasteiger partial charge < -0.3 is 10.0 Å². The van der Waals surface area contributed by atoms with Gasteiger partial charge in [0, 0.05) is 26.6 Å². The number of nitrogens with zero attached hydrogens (tertiary/aromatic N) is 2. The topological polar surface area (TPSA) is 95.0 Å². The van der Waals surface area contributed by atoms with Crippen molar-refractivity contribution < 1.29 is 23.1 Å². The molecule has 1 aliphatic rings. The van der Waals surface area contributed by atoms with E-state index in [1.165, 1.54) is 30.1 Å². The predicted octanol–water partition coefficient (Wildman–Crippen LogP) is 1.73. The summed E-state index contributed by atoms with van der Waals surface area (Å²) in [6.45, 7) is 4.07. The molecular formula is C18H26N2O5S. The van der Waals surface area contributed by atoms with E-state index in [0.29, 0.717) is 19.5 Å². The second-order valence-corrected chi connectivity index (χ2v) is 9.01. The first-order chi connectivity index (χ1) is 12.1. The van der Waals surface area contributed by atoms with E-state index in [-0.39, 0.29) is 17.2 Å². The van der Waals surface area contributed by atoms with Gasteiger partial charge in [0.2, 0.25) is 15.9 Å².